The molecular weight excluding hydrogens is 336 g/mol. The van der Waals surface area contributed by atoms with E-state index in [0.717, 1.165) is 6.26 Å². The lowest BCUT2D eigenvalue weighted by molar-refractivity contribution is 0.303. The van der Waals surface area contributed by atoms with E-state index in [1.807, 2.05) is 0 Å². The van der Waals surface area contributed by atoms with E-state index in [1.54, 1.807) is 12.1 Å². The number of nitrogens with zero attached hydrogens (tertiary/aromatic N) is 1. The van der Waals surface area contributed by atoms with Crippen LogP contribution in [0.4, 0.5) is 0 Å². The van der Waals surface area contributed by atoms with Crippen molar-refractivity contribution in [3.05, 3.63) is 29.3 Å². The lowest BCUT2D eigenvalue weighted by Crippen LogP contribution is -2.49. The summed E-state index contributed by atoms with van der Waals surface area (Å²) < 4.78 is 51.4. The summed E-state index contributed by atoms with van der Waals surface area (Å²) in [5.41, 5.74) is 0. The maximum atomic E-state index is 12.5. The molecule has 9 heteroatoms. The van der Waals surface area contributed by atoms with Crippen LogP contribution in [0.15, 0.2) is 29.2 Å². The molecule has 0 saturated carbocycles. The number of hydrogen-bond acceptors (Lipinski definition) is 4. The predicted octanol–water partition coefficient (Wildman–Crippen LogP) is 1.04. The van der Waals surface area contributed by atoms with Crippen molar-refractivity contribution in [1.29, 1.82) is 0 Å². The zero-order chi connectivity index (χ0) is 15.7. The molecule has 1 aromatic rings. The molecule has 2 rings (SSSR count). The highest BCUT2D eigenvalue weighted by molar-refractivity contribution is 7.89. The minimum absolute atomic E-state index is 0.120. The van der Waals surface area contributed by atoms with Crippen molar-refractivity contribution in [2.45, 2.75) is 23.8 Å². The Hall–Kier alpha value is -0.670. The van der Waals surface area contributed by atoms with Gasteiger partial charge in [0.2, 0.25) is 20.0 Å². The zero-order valence-electron chi connectivity index (χ0n) is 11.5. The first-order valence-electron chi connectivity index (χ1n) is 6.41. The second-order valence-electron chi connectivity index (χ2n) is 5.05. The minimum atomic E-state index is -3.66. The third-order valence-corrected chi connectivity index (χ3v) is 6.06. The molecule has 1 atom stereocenters. The number of nitrogens with one attached hydrogen (secondary N) is 1. The first-order valence-corrected chi connectivity index (χ1v) is 10.1. The Morgan fingerprint density at radius 3 is 2.62 bits per heavy atom. The number of piperidine rings is 1. The highest BCUT2D eigenvalue weighted by Gasteiger charge is 2.31. The maximum Gasteiger partial charge on any atom is 0.243 e. The smallest absolute Gasteiger partial charge is 0.213 e. The van der Waals surface area contributed by atoms with E-state index in [1.165, 1.54) is 16.4 Å². The van der Waals surface area contributed by atoms with Gasteiger partial charge in [-0.15, -0.1) is 0 Å². The molecule has 0 amide bonds. The van der Waals surface area contributed by atoms with Gasteiger partial charge in [-0.3, -0.25) is 0 Å². The van der Waals surface area contributed by atoms with Crippen LogP contribution in [0.2, 0.25) is 5.02 Å². The molecule has 0 aliphatic carbocycles. The Morgan fingerprint density at radius 1 is 1.29 bits per heavy atom. The van der Waals surface area contributed by atoms with Crippen LogP contribution in [0.3, 0.4) is 0 Å². The van der Waals surface area contributed by atoms with E-state index in [4.69, 9.17) is 11.6 Å². The van der Waals surface area contributed by atoms with Crippen molar-refractivity contribution in [3.63, 3.8) is 0 Å². The normalized spacial score (nSPS) is 21.3. The molecule has 1 aromatic carbocycles. The van der Waals surface area contributed by atoms with Gasteiger partial charge in [0.25, 0.3) is 0 Å². The molecule has 21 heavy (non-hydrogen) atoms. The van der Waals surface area contributed by atoms with Gasteiger partial charge in [0.05, 0.1) is 11.2 Å². The van der Waals surface area contributed by atoms with Crippen molar-refractivity contribution < 1.29 is 16.8 Å². The summed E-state index contributed by atoms with van der Waals surface area (Å²) >= 11 is 5.83. The average molecular weight is 353 g/mol. The first kappa shape index (κ1) is 16.7. The second kappa shape index (κ2) is 6.21. The van der Waals surface area contributed by atoms with E-state index >= 15 is 0 Å². The van der Waals surface area contributed by atoms with Gasteiger partial charge in [-0.05, 0) is 31.0 Å². The lowest BCUT2D eigenvalue weighted by atomic mass is 10.1. The van der Waals surface area contributed by atoms with Crippen LogP contribution in [0.5, 0.6) is 0 Å². The van der Waals surface area contributed by atoms with Gasteiger partial charge in [0, 0.05) is 24.2 Å². The standard InChI is InChI=1S/C12H17ClN2O4S2/c1-20(16,17)14-11-5-3-7-15(9-11)21(18,19)12-6-2-4-10(13)8-12/h2,4,6,8,11,14H,3,5,7,9H2,1H3. The van der Waals surface area contributed by atoms with Crippen LogP contribution in [0, 0.1) is 0 Å². The molecule has 0 spiro atoms. The van der Waals surface area contributed by atoms with Crippen LogP contribution >= 0.6 is 11.6 Å². The molecular formula is C12H17ClN2O4S2. The number of hydrogen-bond donors (Lipinski definition) is 1. The van der Waals surface area contributed by atoms with Crippen molar-refractivity contribution in [2.75, 3.05) is 19.3 Å². The molecule has 1 aliphatic rings. The molecule has 1 fully saturated rings. The Labute approximate surface area is 130 Å². The fourth-order valence-corrected chi connectivity index (χ4v) is 4.96. The molecule has 0 radical (unpaired) electrons. The van der Waals surface area contributed by atoms with Crippen molar-refractivity contribution in [3.8, 4) is 0 Å². The van der Waals surface area contributed by atoms with Crippen molar-refractivity contribution in [2.24, 2.45) is 0 Å². The fourth-order valence-electron chi connectivity index (χ4n) is 2.34. The lowest BCUT2D eigenvalue weighted by Gasteiger charge is -2.31. The molecule has 118 valence electrons. The first-order chi connectivity index (χ1) is 9.68. The van der Waals surface area contributed by atoms with Crippen molar-refractivity contribution >= 4 is 31.6 Å². The topological polar surface area (TPSA) is 83.6 Å². The third kappa shape index (κ3) is 4.40. The third-order valence-electron chi connectivity index (χ3n) is 3.20. The fraction of sp³-hybridized carbons (Fsp3) is 0.500. The van der Waals surface area contributed by atoms with E-state index < -0.39 is 26.1 Å². The van der Waals surface area contributed by atoms with E-state index in [9.17, 15) is 16.8 Å². The largest absolute Gasteiger partial charge is 0.243 e. The molecule has 0 bridgehead atoms. The zero-order valence-corrected chi connectivity index (χ0v) is 13.9. The van der Waals surface area contributed by atoms with Gasteiger partial charge in [-0.1, -0.05) is 17.7 Å². The number of halogens is 1. The molecule has 1 unspecified atom stereocenters. The molecule has 1 aliphatic heterocycles. The number of sulfonamides is 2. The molecule has 1 saturated heterocycles. The average Bonchev–Trinajstić information content (AvgIpc) is 2.37. The van der Waals surface area contributed by atoms with Gasteiger partial charge in [0.15, 0.2) is 0 Å². The maximum absolute atomic E-state index is 12.5. The Bertz CT molecular complexity index is 719. The van der Waals surface area contributed by atoms with Gasteiger partial charge in [-0.2, -0.15) is 4.31 Å². The summed E-state index contributed by atoms with van der Waals surface area (Å²) in [5, 5.41) is 0.346. The van der Waals surface area contributed by atoms with Crippen LogP contribution < -0.4 is 4.72 Å². The number of rotatable bonds is 4. The van der Waals surface area contributed by atoms with E-state index in [-0.39, 0.29) is 11.4 Å². The summed E-state index contributed by atoms with van der Waals surface area (Å²) in [5.74, 6) is 0. The van der Waals surface area contributed by atoms with Gasteiger partial charge < -0.3 is 0 Å². The van der Waals surface area contributed by atoms with Crippen LogP contribution in [-0.4, -0.2) is 46.5 Å². The predicted molar refractivity (Wildman–Crippen MR) is 81.2 cm³/mol. The molecule has 0 aromatic heterocycles. The van der Waals surface area contributed by atoms with E-state index in [0.29, 0.717) is 24.4 Å². The minimum Gasteiger partial charge on any atom is -0.213 e. The summed E-state index contributed by atoms with van der Waals surface area (Å²) in [6, 6.07) is 5.65. The summed E-state index contributed by atoms with van der Waals surface area (Å²) in [7, 11) is -7.02. The van der Waals surface area contributed by atoms with E-state index in [2.05, 4.69) is 4.72 Å². The summed E-state index contributed by atoms with van der Waals surface area (Å²) in [6.45, 7) is 0.499. The summed E-state index contributed by atoms with van der Waals surface area (Å²) in [6.07, 6.45) is 2.29. The number of benzene rings is 1. The Kier molecular flexibility index (Phi) is 4.94. The second-order valence-corrected chi connectivity index (χ2v) is 9.20. The highest BCUT2D eigenvalue weighted by atomic mass is 35.5. The van der Waals surface area contributed by atoms with Crippen LogP contribution in [0.25, 0.3) is 0 Å². The molecule has 6 nitrogen and oxygen atoms in total. The van der Waals surface area contributed by atoms with Crippen LogP contribution in [-0.2, 0) is 20.0 Å². The molecule has 1 N–H and O–H groups in total. The Balaban J connectivity index is 2.20. The molecule has 1 heterocycles. The van der Waals surface area contributed by atoms with Gasteiger partial charge in [-0.25, -0.2) is 21.6 Å². The van der Waals surface area contributed by atoms with Gasteiger partial charge in [0.1, 0.15) is 0 Å². The quantitative estimate of drug-likeness (QED) is 0.877. The van der Waals surface area contributed by atoms with Crippen LogP contribution in [0.1, 0.15) is 12.8 Å². The van der Waals surface area contributed by atoms with Gasteiger partial charge >= 0.3 is 0 Å². The summed E-state index contributed by atoms with van der Waals surface area (Å²) in [4.78, 5) is 0.120. The monoisotopic (exact) mass is 352 g/mol. The Morgan fingerprint density at radius 2 is 2.00 bits per heavy atom. The SMILES string of the molecule is CS(=O)(=O)NC1CCCN(S(=O)(=O)c2cccc(Cl)c2)C1. The highest BCUT2D eigenvalue weighted by Crippen LogP contribution is 2.23. The van der Waals surface area contributed by atoms with Crippen molar-refractivity contribution in [1.82, 2.24) is 9.03 Å².